The Hall–Kier alpha value is 0. The van der Waals surface area contributed by atoms with Crippen molar-refractivity contribution in [2.24, 2.45) is 22.7 Å². The first-order chi connectivity index (χ1) is 6.37. The van der Waals surface area contributed by atoms with Crippen molar-refractivity contribution < 1.29 is 0 Å². The fraction of sp³-hybridized carbons (Fsp3) is 1.00. The summed E-state index contributed by atoms with van der Waals surface area (Å²) in [4.78, 5) is 0. The van der Waals surface area contributed by atoms with Crippen LogP contribution in [0.5, 0.6) is 0 Å². The molecule has 0 spiro atoms. The summed E-state index contributed by atoms with van der Waals surface area (Å²) < 4.78 is 0. The van der Waals surface area contributed by atoms with E-state index in [-0.39, 0.29) is 0 Å². The Balaban J connectivity index is 1.64. The largest absolute Gasteiger partial charge is 0.0527 e. The highest BCUT2D eigenvalue weighted by atomic mass is 14.8. The summed E-state index contributed by atoms with van der Waals surface area (Å²) >= 11 is 0. The molecule has 72 valence electrons. The van der Waals surface area contributed by atoms with Crippen LogP contribution in [0, 0.1) is 22.7 Å². The zero-order valence-corrected chi connectivity index (χ0v) is 8.52. The van der Waals surface area contributed by atoms with Crippen LogP contribution in [0.25, 0.3) is 0 Å². The molecule has 0 bridgehead atoms. The molecule has 0 aliphatic heterocycles. The van der Waals surface area contributed by atoms with E-state index in [9.17, 15) is 0 Å². The zero-order valence-electron chi connectivity index (χ0n) is 8.52. The van der Waals surface area contributed by atoms with Gasteiger partial charge in [-0.15, -0.1) is 0 Å². The van der Waals surface area contributed by atoms with Crippen molar-refractivity contribution in [3.05, 3.63) is 0 Å². The summed E-state index contributed by atoms with van der Waals surface area (Å²) in [6, 6.07) is 0. The monoisotopic (exact) mass is 176 g/mol. The van der Waals surface area contributed by atoms with Crippen LogP contribution in [0.15, 0.2) is 0 Å². The molecule has 0 atom stereocenters. The molecule has 0 aromatic carbocycles. The second-order valence-electron chi connectivity index (χ2n) is 6.21. The molecule has 4 saturated carbocycles. The van der Waals surface area contributed by atoms with Gasteiger partial charge in [0.15, 0.2) is 0 Å². The van der Waals surface area contributed by atoms with Gasteiger partial charge in [-0.3, -0.25) is 0 Å². The van der Waals surface area contributed by atoms with Crippen LogP contribution >= 0.6 is 0 Å². The van der Waals surface area contributed by atoms with Gasteiger partial charge in [0, 0.05) is 0 Å². The van der Waals surface area contributed by atoms with Gasteiger partial charge in [-0.2, -0.15) is 0 Å². The Morgan fingerprint density at radius 1 is 0.615 bits per heavy atom. The molecule has 4 aliphatic carbocycles. The quantitative estimate of drug-likeness (QED) is 0.614. The van der Waals surface area contributed by atoms with Crippen LogP contribution in [-0.4, -0.2) is 0 Å². The van der Waals surface area contributed by atoms with Gasteiger partial charge in [0.2, 0.25) is 0 Å². The third-order valence-electron chi connectivity index (χ3n) is 5.81. The predicted molar refractivity (Wildman–Crippen MR) is 53.4 cm³/mol. The van der Waals surface area contributed by atoms with E-state index in [1.54, 1.807) is 57.8 Å². The van der Waals surface area contributed by atoms with Crippen LogP contribution < -0.4 is 0 Å². The maximum atomic E-state index is 1.62. The Labute approximate surface area is 81.1 Å². The first-order valence-electron chi connectivity index (χ1n) is 6.37. The van der Waals surface area contributed by atoms with Crippen LogP contribution in [0.3, 0.4) is 0 Å². The molecule has 0 unspecified atom stereocenters. The highest BCUT2D eigenvalue weighted by Gasteiger charge is 2.72. The summed E-state index contributed by atoms with van der Waals surface area (Å²) in [5, 5.41) is 0. The lowest BCUT2D eigenvalue weighted by Gasteiger charge is -2.40. The van der Waals surface area contributed by atoms with E-state index in [0.29, 0.717) is 0 Å². The molecule has 4 aliphatic rings. The van der Waals surface area contributed by atoms with Gasteiger partial charge in [-0.05, 0) is 74.0 Å². The van der Waals surface area contributed by atoms with Crippen LogP contribution in [0.1, 0.15) is 57.8 Å². The summed E-state index contributed by atoms with van der Waals surface area (Å²) in [6.45, 7) is 0. The number of hydrogen-bond donors (Lipinski definition) is 0. The fourth-order valence-electron chi connectivity index (χ4n) is 4.49. The van der Waals surface area contributed by atoms with Crippen molar-refractivity contribution in [3.8, 4) is 0 Å². The van der Waals surface area contributed by atoms with Crippen molar-refractivity contribution in [2.45, 2.75) is 57.8 Å². The Morgan fingerprint density at radius 3 is 1.31 bits per heavy atom. The van der Waals surface area contributed by atoms with E-state index >= 15 is 0 Å². The smallest absolute Gasteiger partial charge is 0.0210 e. The maximum absolute atomic E-state index is 1.62. The first kappa shape index (κ1) is 7.31. The minimum absolute atomic E-state index is 0.937. The molecule has 0 amide bonds. The van der Waals surface area contributed by atoms with Crippen LogP contribution in [0.2, 0.25) is 0 Å². The molecule has 0 heteroatoms. The lowest BCUT2D eigenvalue weighted by Crippen LogP contribution is -2.32. The Morgan fingerprint density at radius 2 is 1.08 bits per heavy atom. The third kappa shape index (κ3) is 0.750. The van der Waals surface area contributed by atoms with Gasteiger partial charge in [0.05, 0.1) is 0 Å². The zero-order chi connectivity index (χ0) is 8.52. The SMILES string of the molecule is C1CC(C2(C3(C4CC4)CC3)CC2)C1. The van der Waals surface area contributed by atoms with E-state index in [4.69, 9.17) is 0 Å². The maximum Gasteiger partial charge on any atom is -0.0210 e. The van der Waals surface area contributed by atoms with E-state index in [2.05, 4.69) is 0 Å². The summed E-state index contributed by atoms with van der Waals surface area (Å²) in [5.41, 5.74) is 1.88. The van der Waals surface area contributed by atoms with E-state index < -0.39 is 0 Å². The second kappa shape index (κ2) is 1.99. The molecule has 0 aromatic rings. The summed E-state index contributed by atoms with van der Waals surface area (Å²) in [5.74, 6) is 2.39. The number of hydrogen-bond acceptors (Lipinski definition) is 0. The van der Waals surface area contributed by atoms with Gasteiger partial charge >= 0.3 is 0 Å². The summed E-state index contributed by atoms with van der Waals surface area (Å²) in [6.07, 6.45) is 14.4. The molecule has 0 aromatic heterocycles. The lowest BCUT2D eigenvalue weighted by atomic mass is 9.64. The van der Waals surface area contributed by atoms with Gasteiger partial charge < -0.3 is 0 Å². The number of rotatable bonds is 3. The van der Waals surface area contributed by atoms with Gasteiger partial charge in [-0.25, -0.2) is 0 Å². The normalized spacial score (nSPS) is 39.7. The van der Waals surface area contributed by atoms with Gasteiger partial charge in [-0.1, -0.05) is 6.42 Å². The molecule has 0 saturated heterocycles. The lowest BCUT2D eigenvalue weighted by molar-refractivity contribution is 0.0888. The van der Waals surface area contributed by atoms with Crippen molar-refractivity contribution in [2.75, 3.05) is 0 Å². The summed E-state index contributed by atoms with van der Waals surface area (Å²) in [7, 11) is 0. The van der Waals surface area contributed by atoms with Gasteiger partial charge in [0.1, 0.15) is 0 Å². The molecule has 13 heavy (non-hydrogen) atoms. The Kier molecular flexibility index (Phi) is 1.12. The predicted octanol–water partition coefficient (Wildman–Crippen LogP) is 3.76. The average Bonchev–Trinajstić information content (AvgIpc) is 2.82. The molecule has 0 radical (unpaired) electrons. The minimum atomic E-state index is 0.937. The average molecular weight is 176 g/mol. The first-order valence-corrected chi connectivity index (χ1v) is 6.37. The molecule has 0 heterocycles. The second-order valence-corrected chi connectivity index (χ2v) is 6.21. The molecule has 0 nitrogen and oxygen atoms in total. The molecular weight excluding hydrogens is 156 g/mol. The minimum Gasteiger partial charge on any atom is -0.0527 e. The Bertz CT molecular complexity index is 237. The van der Waals surface area contributed by atoms with Crippen molar-refractivity contribution in [1.29, 1.82) is 0 Å². The highest BCUT2D eigenvalue weighted by Crippen LogP contribution is 2.81. The molecule has 4 rings (SSSR count). The van der Waals surface area contributed by atoms with Crippen LogP contribution in [0.4, 0.5) is 0 Å². The molecule has 4 fully saturated rings. The van der Waals surface area contributed by atoms with E-state index in [1.165, 1.54) is 11.8 Å². The van der Waals surface area contributed by atoms with Crippen molar-refractivity contribution >= 4 is 0 Å². The molecular formula is C13H20. The third-order valence-corrected chi connectivity index (χ3v) is 5.81. The van der Waals surface area contributed by atoms with Crippen molar-refractivity contribution in [1.82, 2.24) is 0 Å². The molecule has 0 N–H and O–H groups in total. The van der Waals surface area contributed by atoms with Gasteiger partial charge in [0.25, 0.3) is 0 Å². The standard InChI is InChI=1S/C13H20/c1-2-10(3-1)12(6-7-12)13(8-9-13)11-4-5-11/h10-11H,1-9H2. The fourth-order valence-corrected chi connectivity index (χ4v) is 4.49. The van der Waals surface area contributed by atoms with Crippen molar-refractivity contribution in [3.63, 3.8) is 0 Å². The van der Waals surface area contributed by atoms with Crippen LogP contribution in [-0.2, 0) is 0 Å². The highest BCUT2D eigenvalue weighted by molar-refractivity contribution is 5.21. The topological polar surface area (TPSA) is 0 Å². The van der Waals surface area contributed by atoms with E-state index in [0.717, 1.165) is 10.8 Å². The van der Waals surface area contributed by atoms with E-state index in [1.807, 2.05) is 0 Å².